The molecule has 20 heavy (non-hydrogen) atoms. The van der Waals surface area contributed by atoms with Crippen molar-refractivity contribution in [1.29, 1.82) is 0 Å². The molecular formula is C15H19N3OS. The molecular weight excluding hydrogens is 270 g/mol. The number of hydrogen-bond donors (Lipinski definition) is 1. The Morgan fingerprint density at radius 3 is 2.95 bits per heavy atom. The number of thiophene rings is 1. The Bertz CT molecular complexity index is 554. The second-order valence-electron chi connectivity index (χ2n) is 4.63. The Hall–Kier alpha value is -1.88. The van der Waals surface area contributed by atoms with Gasteiger partial charge in [0.25, 0.3) is 5.91 Å². The van der Waals surface area contributed by atoms with Crippen LogP contribution in [0.5, 0.6) is 0 Å². The Balaban J connectivity index is 2.04. The average molecular weight is 289 g/mol. The lowest BCUT2D eigenvalue weighted by Crippen LogP contribution is -2.27. The summed E-state index contributed by atoms with van der Waals surface area (Å²) in [5, 5.41) is 7.26. The number of hydrogen-bond acceptors (Lipinski definition) is 4. The molecule has 1 amide bonds. The van der Waals surface area contributed by atoms with Gasteiger partial charge in [0.05, 0.1) is 0 Å². The van der Waals surface area contributed by atoms with Gasteiger partial charge in [-0.05, 0) is 40.9 Å². The zero-order chi connectivity index (χ0) is 14.4. The highest BCUT2D eigenvalue weighted by atomic mass is 32.1. The minimum Gasteiger partial charge on any atom is -0.370 e. The van der Waals surface area contributed by atoms with Gasteiger partial charge in [-0.2, -0.15) is 11.3 Å². The first kappa shape index (κ1) is 14.5. The van der Waals surface area contributed by atoms with E-state index in [1.807, 2.05) is 23.6 Å². The molecule has 0 spiro atoms. The molecule has 0 atom stereocenters. The van der Waals surface area contributed by atoms with Crippen molar-refractivity contribution in [2.75, 3.05) is 18.9 Å². The molecule has 106 valence electrons. The van der Waals surface area contributed by atoms with E-state index in [0.29, 0.717) is 12.2 Å². The lowest BCUT2D eigenvalue weighted by atomic mass is 10.2. The normalized spacial score (nSPS) is 10.3. The van der Waals surface area contributed by atoms with Crippen LogP contribution in [0.3, 0.4) is 0 Å². The number of anilines is 1. The van der Waals surface area contributed by atoms with E-state index in [9.17, 15) is 4.79 Å². The van der Waals surface area contributed by atoms with Crippen LogP contribution in [0.15, 0.2) is 35.0 Å². The smallest absolute Gasteiger partial charge is 0.272 e. The number of amides is 1. The number of carbonyl (C=O) groups is 1. The van der Waals surface area contributed by atoms with E-state index in [0.717, 1.165) is 24.3 Å². The van der Waals surface area contributed by atoms with Crippen molar-refractivity contribution < 1.29 is 4.79 Å². The van der Waals surface area contributed by atoms with Crippen LogP contribution in [0.1, 0.15) is 29.4 Å². The molecule has 0 aliphatic heterocycles. The minimum absolute atomic E-state index is 0.0589. The van der Waals surface area contributed by atoms with Crippen LogP contribution in [0.25, 0.3) is 0 Å². The standard InChI is InChI=1S/C15H19N3OS/c1-3-8-16-14-6-4-5-13(17-14)15(19)18(2)10-12-7-9-20-11-12/h4-7,9,11H,3,8,10H2,1-2H3,(H,16,17). The zero-order valence-electron chi connectivity index (χ0n) is 11.8. The van der Waals surface area contributed by atoms with Gasteiger partial charge < -0.3 is 10.2 Å². The van der Waals surface area contributed by atoms with Crippen molar-refractivity contribution in [3.05, 3.63) is 46.3 Å². The van der Waals surface area contributed by atoms with Crippen LogP contribution >= 0.6 is 11.3 Å². The lowest BCUT2D eigenvalue weighted by molar-refractivity contribution is 0.0779. The van der Waals surface area contributed by atoms with Crippen molar-refractivity contribution in [1.82, 2.24) is 9.88 Å². The summed E-state index contributed by atoms with van der Waals surface area (Å²) in [4.78, 5) is 18.4. The third kappa shape index (κ3) is 3.81. The maximum Gasteiger partial charge on any atom is 0.272 e. The highest BCUT2D eigenvalue weighted by Crippen LogP contribution is 2.12. The van der Waals surface area contributed by atoms with Gasteiger partial charge in [0, 0.05) is 20.1 Å². The summed E-state index contributed by atoms with van der Waals surface area (Å²) in [5.74, 6) is 0.693. The molecule has 2 rings (SSSR count). The van der Waals surface area contributed by atoms with Gasteiger partial charge in [-0.25, -0.2) is 4.98 Å². The monoisotopic (exact) mass is 289 g/mol. The van der Waals surface area contributed by atoms with Gasteiger partial charge in [-0.3, -0.25) is 4.79 Å². The fraction of sp³-hybridized carbons (Fsp3) is 0.333. The summed E-state index contributed by atoms with van der Waals surface area (Å²) >= 11 is 1.64. The van der Waals surface area contributed by atoms with Gasteiger partial charge in [0.2, 0.25) is 0 Å². The van der Waals surface area contributed by atoms with Crippen molar-refractivity contribution in [2.45, 2.75) is 19.9 Å². The highest BCUT2D eigenvalue weighted by Gasteiger charge is 2.14. The third-order valence-corrected chi connectivity index (χ3v) is 3.60. The molecule has 0 saturated carbocycles. The SMILES string of the molecule is CCCNc1cccc(C(=O)N(C)Cc2ccsc2)n1. The first-order valence-electron chi connectivity index (χ1n) is 6.68. The van der Waals surface area contributed by atoms with Gasteiger partial charge in [0.15, 0.2) is 0 Å². The first-order valence-corrected chi connectivity index (χ1v) is 7.62. The number of carbonyl (C=O) groups excluding carboxylic acids is 1. The second kappa shape index (κ2) is 7.05. The highest BCUT2D eigenvalue weighted by molar-refractivity contribution is 7.07. The summed E-state index contributed by atoms with van der Waals surface area (Å²) < 4.78 is 0. The number of rotatable bonds is 6. The van der Waals surface area contributed by atoms with Crippen LogP contribution in [0.2, 0.25) is 0 Å². The maximum atomic E-state index is 12.3. The Labute approximate surface area is 123 Å². The van der Waals surface area contributed by atoms with E-state index in [1.165, 1.54) is 0 Å². The Morgan fingerprint density at radius 2 is 2.25 bits per heavy atom. The predicted octanol–water partition coefficient (Wildman–Crippen LogP) is 3.24. The van der Waals surface area contributed by atoms with Crippen molar-refractivity contribution in [3.63, 3.8) is 0 Å². The summed E-state index contributed by atoms with van der Waals surface area (Å²) in [6.45, 7) is 3.56. The van der Waals surface area contributed by atoms with Gasteiger partial charge in [-0.15, -0.1) is 0 Å². The van der Waals surface area contributed by atoms with Gasteiger partial charge in [0.1, 0.15) is 11.5 Å². The summed E-state index contributed by atoms with van der Waals surface area (Å²) in [6.07, 6.45) is 1.03. The summed E-state index contributed by atoms with van der Waals surface area (Å²) in [5.41, 5.74) is 1.62. The summed E-state index contributed by atoms with van der Waals surface area (Å²) in [6, 6.07) is 7.52. The molecule has 0 radical (unpaired) electrons. The zero-order valence-corrected chi connectivity index (χ0v) is 12.6. The van der Waals surface area contributed by atoms with E-state index in [4.69, 9.17) is 0 Å². The van der Waals surface area contributed by atoms with Crippen molar-refractivity contribution >= 4 is 23.1 Å². The van der Waals surface area contributed by atoms with Crippen LogP contribution in [-0.2, 0) is 6.54 Å². The molecule has 2 aromatic heterocycles. The topological polar surface area (TPSA) is 45.2 Å². The largest absolute Gasteiger partial charge is 0.370 e. The molecule has 5 heteroatoms. The maximum absolute atomic E-state index is 12.3. The van der Waals surface area contributed by atoms with E-state index >= 15 is 0 Å². The summed E-state index contributed by atoms with van der Waals surface area (Å²) in [7, 11) is 1.80. The van der Waals surface area contributed by atoms with E-state index in [-0.39, 0.29) is 5.91 Å². The van der Waals surface area contributed by atoms with Crippen LogP contribution in [0.4, 0.5) is 5.82 Å². The lowest BCUT2D eigenvalue weighted by Gasteiger charge is -2.16. The van der Waals surface area contributed by atoms with Crippen molar-refractivity contribution in [2.24, 2.45) is 0 Å². The number of aromatic nitrogens is 1. The molecule has 2 heterocycles. The first-order chi connectivity index (χ1) is 9.70. The van der Waals surface area contributed by atoms with E-state index in [1.54, 1.807) is 29.4 Å². The van der Waals surface area contributed by atoms with Gasteiger partial charge >= 0.3 is 0 Å². The number of nitrogens with zero attached hydrogens (tertiary/aromatic N) is 2. The van der Waals surface area contributed by atoms with Crippen LogP contribution in [0, 0.1) is 0 Å². The molecule has 2 aromatic rings. The van der Waals surface area contributed by atoms with E-state index in [2.05, 4.69) is 22.6 Å². The molecule has 0 bridgehead atoms. The van der Waals surface area contributed by atoms with E-state index < -0.39 is 0 Å². The second-order valence-corrected chi connectivity index (χ2v) is 5.41. The molecule has 1 N–H and O–H groups in total. The molecule has 0 aromatic carbocycles. The van der Waals surface area contributed by atoms with Crippen LogP contribution in [-0.4, -0.2) is 29.4 Å². The average Bonchev–Trinajstić information content (AvgIpc) is 2.97. The molecule has 0 aliphatic carbocycles. The quantitative estimate of drug-likeness (QED) is 0.888. The number of nitrogens with one attached hydrogen (secondary N) is 1. The molecule has 0 saturated heterocycles. The molecule has 0 unspecified atom stereocenters. The minimum atomic E-state index is -0.0589. The third-order valence-electron chi connectivity index (χ3n) is 2.87. The van der Waals surface area contributed by atoms with Crippen molar-refractivity contribution in [3.8, 4) is 0 Å². The van der Waals surface area contributed by atoms with Crippen LogP contribution < -0.4 is 5.32 Å². The Kier molecular flexibility index (Phi) is 5.12. The molecule has 4 nitrogen and oxygen atoms in total. The fourth-order valence-electron chi connectivity index (χ4n) is 1.83. The predicted molar refractivity (Wildman–Crippen MR) is 83.1 cm³/mol. The molecule has 0 fully saturated rings. The number of pyridine rings is 1. The Morgan fingerprint density at radius 1 is 1.40 bits per heavy atom. The van der Waals surface area contributed by atoms with Gasteiger partial charge in [-0.1, -0.05) is 13.0 Å². The fourth-order valence-corrected chi connectivity index (χ4v) is 2.49. The molecule has 0 aliphatic rings.